The first-order chi connectivity index (χ1) is 8.67. The molecule has 1 amide bonds. The molecule has 19 heavy (non-hydrogen) atoms. The highest BCUT2D eigenvalue weighted by atomic mass is 79.9. The van der Waals surface area contributed by atoms with E-state index in [1.165, 1.54) is 6.26 Å². The highest BCUT2D eigenvalue weighted by molar-refractivity contribution is 5.90. The van der Waals surface area contributed by atoms with Crippen molar-refractivity contribution in [1.29, 1.82) is 0 Å². The molecule has 7 heteroatoms. The van der Waals surface area contributed by atoms with Gasteiger partial charge < -0.3 is 36.4 Å². The van der Waals surface area contributed by atoms with E-state index in [1.54, 1.807) is 6.07 Å². The van der Waals surface area contributed by atoms with Gasteiger partial charge in [-0.1, -0.05) is 5.16 Å². The highest BCUT2D eigenvalue weighted by Gasteiger charge is 2.46. The highest BCUT2D eigenvalue weighted by Crippen LogP contribution is 2.33. The number of carbonyl (C=O) groups is 1. The fourth-order valence-corrected chi connectivity index (χ4v) is 3.24. The van der Waals surface area contributed by atoms with Gasteiger partial charge in [0, 0.05) is 24.8 Å². The Morgan fingerprint density at radius 1 is 1.53 bits per heavy atom. The number of piperidine rings is 3. The smallest absolute Gasteiger partial charge is 0.280 e. The number of aliphatic hydroxyl groups is 1. The van der Waals surface area contributed by atoms with Crippen LogP contribution in [0.2, 0.25) is 0 Å². The number of aliphatic hydroxyl groups excluding tert-OH is 1. The third kappa shape index (κ3) is 2.98. The summed E-state index contributed by atoms with van der Waals surface area (Å²) < 4.78 is 5.38. The first kappa shape index (κ1) is 14.5. The number of rotatable bonds is 3. The van der Waals surface area contributed by atoms with Gasteiger partial charge in [0.2, 0.25) is 0 Å². The topological polar surface area (TPSA) is 75.4 Å². The molecule has 0 saturated carbocycles. The van der Waals surface area contributed by atoms with Crippen molar-refractivity contribution < 1.29 is 35.9 Å². The standard InChI is InChI=1S/C12H17N3O3.BrH/c16-10-7-15(4-1-9(10)2-5-15)8-12(17)13-11-3-6-18-14-11;/h3,6,9-10,16H,1-2,4-5,7-8H2;1H. The number of hydrogen-bond donors (Lipinski definition) is 2. The zero-order chi connectivity index (χ0) is 12.6. The number of quaternary nitrogens is 1. The van der Waals surface area contributed by atoms with E-state index in [0.717, 1.165) is 25.9 Å². The SMILES string of the molecule is O=C(C[N+]12CCC(CC1)C(O)C2)Nc1ccon1.[Br-]. The van der Waals surface area contributed by atoms with Crippen molar-refractivity contribution >= 4 is 11.7 Å². The Balaban J connectivity index is 0.00000133. The van der Waals surface area contributed by atoms with Gasteiger partial charge in [-0.15, -0.1) is 0 Å². The summed E-state index contributed by atoms with van der Waals surface area (Å²) in [5.74, 6) is 0.839. The van der Waals surface area contributed by atoms with Crippen molar-refractivity contribution in [2.24, 2.45) is 5.92 Å². The van der Waals surface area contributed by atoms with E-state index >= 15 is 0 Å². The summed E-state index contributed by atoms with van der Waals surface area (Å²) in [6.45, 7) is 3.11. The Morgan fingerprint density at radius 3 is 2.84 bits per heavy atom. The maximum atomic E-state index is 12.0. The molecule has 3 fully saturated rings. The van der Waals surface area contributed by atoms with Crippen LogP contribution in [0.15, 0.2) is 16.9 Å². The summed E-state index contributed by atoms with van der Waals surface area (Å²) in [7, 11) is 0. The van der Waals surface area contributed by atoms with Gasteiger partial charge in [0.05, 0.1) is 13.1 Å². The number of amides is 1. The van der Waals surface area contributed by atoms with Crippen LogP contribution in [0.3, 0.4) is 0 Å². The van der Waals surface area contributed by atoms with Gasteiger partial charge in [0.25, 0.3) is 5.91 Å². The van der Waals surface area contributed by atoms with Gasteiger partial charge in [-0.25, -0.2) is 0 Å². The molecule has 1 atom stereocenters. The van der Waals surface area contributed by atoms with E-state index in [1.807, 2.05) is 0 Å². The number of anilines is 1. The van der Waals surface area contributed by atoms with Crippen molar-refractivity contribution in [2.45, 2.75) is 18.9 Å². The first-order valence-electron chi connectivity index (χ1n) is 6.40. The van der Waals surface area contributed by atoms with Crippen LogP contribution in [0.1, 0.15) is 12.8 Å². The minimum absolute atomic E-state index is 0. The maximum Gasteiger partial charge on any atom is 0.280 e. The minimum atomic E-state index is -0.243. The van der Waals surface area contributed by atoms with Crippen molar-refractivity contribution in [3.63, 3.8) is 0 Å². The molecule has 6 nitrogen and oxygen atoms in total. The number of hydrogen-bond acceptors (Lipinski definition) is 4. The van der Waals surface area contributed by atoms with E-state index < -0.39 is 0 Å². The number of carbonyl (C=O) groups excluding carboxylic acids is 1. The molecule has 1 unspecified atom stereocenters. The summed E-state index contributed by atoms with van der Waals surface area (Å²) in [6.07, 6.45) is 3.24. The van der Waals surface area contributed by atoms with Crippen molar-refractivity contribution in [3.05, 3.63) is 12.3 Å². The second kappa shape index (κ2) is 5.60. The van der Waals surface area contributed by atoms with Crippen LogP contribution in [0.5, 0.6) is 0 Å². The van der Waals surface area contributed by atoms with Crippen molar-refractivity contribution in [2.75, 3.05) is 31.5 Å². The largest absolute Gasteiger partial charge is 1.00 e. The molecule has 4 heterocycles. The lowest BCUT2D eigenvalue weighted by Gasteiger charge is -2.50. The van der Waals surface area contributed by atoms with E-state index in [0.29, 0.717) is 29.3 Å². The summed E-state index contributed by atoms with van der Waals surface area (Å²) in [4.78, 5) is 12.0. The van der Waals surface area contributed by atoms with Gasteiger partial charge in [-0.2, -0.15) is 0 Å². The third-order valence-corrected chi connectivity index (χ3v) is 4.25. The molecule has 0 aromatic carbocycles. The monoisotopic (exact) mass is 331 g/mol. The molecule has 106 valence electrons. The number of nitrogens with one attached hydrogen (secondary N) is 1. The molecule has 1 aromatic heterocycles. The average Bonchev–Trinajstić information content (AvgIpc) is 2.82. The summed E-state index contributed by atoms with van der Waals surface area (Å²) in [6, 6.07) is 1.62. The lowest BCUT2D eigenvalue weighted by molar-refractivity contribution is -0.939. The Morgan fingerprint density at radius 2 is 2.26 bits per heavy atom. The molecule has 0 radical (unpaired) electrons. The van der Waals surface area contributed by atoms with Crippen LogP contribution in [0.4, 0.5) is 5.82 Å². The lowest BCUT2D eigenvalue weighted by Crippen LogP contribution is -3.00. The first-order valence-corrected chi connectivity index (χ1v) is 6.40. The number of aromatic nitrogens is 1. The van der Waals surface area contributed by atoms with Crippen LogP contribution in [0.25, 0.3) is 0 Å². The molecule has 3 aliphatic rings. The number of fused-ring (bicyclic) bond motifs is 3. The fourth-order valence-electron chi connectivity index (χ4n) is 3.24. The summed E-state index contributed by atoms with van der Waals surface area (Å²) >= 11 is 0. The van der Waals surface area contributed by atoms with Crippen LogP contribution in [-0.2, 0) is 4.79 Å². The maximum absolute atomic E-state index is 12.0. The molecule has 2 N–H and O–H groups in total. The quantitative estimate of drug-likeness (QED) is 0.587. The van der Waals surface area contributed by atoms with Gasteiger partial charge in [0.15, 0.2) is 12.4 Å². The van der Waals surface area contributed by atoms with Crippen LogP contribution in [0, 0.1) is 5.92 Å². The van der Waals surface area contributed by atoms with Gasteiger partial charge in [-0.3, -0.25) is 4.79 Å². The van der Waals surface area contributed by atoms with Gasteiger partial charge in [0.1, 0.15) is 18.9 Å². The molecular formula is C12H18BrN3O3. The zero-order valence-electron chi connectivity index (χ0n) is 10.6. The molecule has 1 aromatic rings. The summed E-state index contributed by atoms with van der Waals surface area (Å²) in [5.41, 5.74) is 0. The molecular weight excluding hydrogens is 314 g/mol. The van der Waals surface area contributed by atoms with Gasteiger partial charge >= 0.3 is 0 Å². The lowest BCUT2D eigenvalue weighted by atomic mass is 9.83. The van der Waals surface area contributed by atoms with E-state index in [4.69, 9.17) is 0 Å². The number of halogens is 1. The van der Waals surface area contributed by atoms with E-state index in [2.05, 4.69) is 15.0 Å². The zero-order valence-corrected chi connectivity index (χ0v) is 12.2. The Labute approximate surface area is 122 Å². The third-order valence-electron chi connectivity index (χ3n) is 4.25. The van der Waals surface area contributed by atoms with Crippen molar-refractivity contribution in [3.8, 4) is 0 Å². The van der Waals surface area contributed by atoms with Crippen molar-refractivity contribution in [1.82, 2.24) is 5.16 Å². The predicted molar refractivity (Wildman–Crippen MR) is 63.6 cm³/mol. The van der Waals surface area contributed by atoms with E-state index in [9.17, 15) is 9.90 Å². The Kier molecular flexibility index (Phi) is 4.27. The molecule has 3 saturated heterocycles. The molecule has 0 spiro atoms. The average molecular weight is 332 g/mol. The minimum Gasteiger partial charge on any atom is -1.00 e. The predicted octanol–water partition coefficient (Wildman–Crippen LogP) is -2.78. The molecule has 4 rings (SSSR count). The fraction of sp³-hybridized carbons (Fsp3) is 0.667. The van der Waals surface area contributed by atoms with Crippen LogP contribution in [-0.4, -0.2) is 52.9 Å². The summed E-state index contributed by atoms with van der Waals surface area (Å²) in [5, 5.41) is 16.3. The Bertz CT molecular complexity index is 429. The van der Waals surface area contributed by atoms with Crippen LogP contribution >= 0.6 is 0 Å². The molecule has 3 aliphatic heterocycles. The van der Waals surface area contributed by atoms with E-state index in [-0.39, 0.29) is 29.0 Å². The van der Waals surface area contributed by atoms with Gasteiger partial charge in [-0.05, 0) is 0 Å². The molecule has 0 aliphatic carbocycles. The second-order valence-corrected chi connectivity index (χ2v) is 5.47. The Hall–Kier alpha value is -0.920. The molecule has 2 bridgehead atoms. The second-order valence-electron chi connectivity index (χ2n) is 5.47. The normalized spacial score (nSPS) is 32.7. The number of nitrogens with zero attached hydrogens (tertiary/aromatic N) is 2. The van der Waals surface area contributed by atoms with Crippen LogP contribution < -0.4 is 22.3 Å².